The molecule has 0 bridgehead atoms. The van der Waals surface area contributed by atoms with Crippen molar-refractivity contribution in [3.8, 4) is 5.69 Å². The van der Waals surface area contributed by atoms with E-state index in [0.717, 1.165) is 21.2 Å². The predicted molar refractivity (Wildman–Crippen MR) is 78.0 cm³/mol. The lowest BCUT2D eigenvalue weighted by molar-refractivity contribution is 1.12. The maximum Gasteiger partial charge on any atom is 0.0532 e. The highest BCUT2D eigenvalue weighted by molar-refractivity contribution is 6.31. The summed E-state index contributed by atoms with van der Waals surface area (Å²) in [4.78, 5) is 0. The fourth-order valence-electron chi connectivity index (χ4n) is 2.18. The molecule has 0 fully saturated rings. The molecule has 90 valence electrons. The summed E-state index contributed by atoms with van der Waals surface area (Å²) in [6.07, 6.45) is 2.12. The molecule has 0 aliphatic carbocycles. The van der Waals surface area contributed by atoms with Crippen LogP contribution in [-0.2, 0) is 0 Å². The second kappa shape index (κ2) is 4.34. The number of nitrogens with zero attached hydrogens (tertiary/aromatic N) is 1. The van der Waals surface area contributed by atoms with E-state index in [-0.39, 0.29) is 0 Å². The molecule has 0 saturated heterocycles. The highest BCUT2D eigenvalue weighted by atomic mass is 35.5. The molecule has 3 rings (SSSR count). The van der Waals surface area contributed by atoms with Gasteiger partial charge in [-0.05, 0) is 55.0 Å². The van der Waals surface area contributed by atoms with E-state index >= 15 is 0 Å². The molecule has 3 aromatic rings. The molecule has 0 amide bonds. The molecule has 0 aliphatic heterocycles. The van der Waals surface area contributed by atoms with Crippen molar-refractivity contribution in [3.05, 3.63) is 64.3 Å². The van der Waals surface area contributed by atoms with Gasteiger partial charge in [0.15, 0.2) is 0 Å². The summed E-state index contributed by atoms with van der Waals surface area (Å²) in [5.41, 5.74) is 3.46. The van der Waals surface area contributed by atoms with Gasteiger partial charge in [-0.1, -0.05) is 23.2 Å². The normalized spacial score (nSPS) is 11.1. The van der Waals surface area contributed by atoms with Gasteiger partial charge >= 0.3 is 0 Å². The standard InChI is InChI=1S/C15H11Cl2N/c1-10-9-18(13-5-2-11(16)3-6-13)15-7-4-12(17)8-14(10)15/h2-9H,1H3. The number of hydrogen-bond acceptors (Lipinski definition) is 0. The Bertz CT molecular complexity index is 711. The van der Waals surface area contributed by atoms with Crippen LogP contribution in [0.5, 0.6) is 0 Å². The molecule has 1 heterocycles. The van der Waals surface area contributed by atoms with Gasteiger partial charge in [-0.15, -0.1) is 0 Å². The Labute approximate surface area is 116 Å². The van der Waals surface area contributed by atoms with Crippen molar-refractivity contribution in [1.29, 1.82) is 0 Å². The number of halogens is 2. The first-order valence-electron chi connectivity index (χ1n) is 5.68. The topological polar surface area (TPSA) is 4.93 Å². The highest BCUT2D eigenvalue weighted by Gasteiger charge is 2.07. The Morgan fingerprint density at radius 2 is 1.56 bits per heavy atom. The molecule has 0 spiro atoms. The summed E-state index contributed by atoms with van der Waals surface area (Å²) in [5.74, 6) is 0. The van der Waals surface area contributed by atoms with Gasteiger partial charge in [0.25, 0.3) is 0 Å². The van der Waals surface area contributed by atoms with Crippen molar-refractivity contribution in [1.82, 2.24) is 4.57 Å². The van der Waals surface area contributed by atoms with Crippen molar-refractivity contribution >= 4 is 34.1 Å². The Kier molecular flexibility index (Phi) is 2.81. The number of aromatic nitrogens is 1. The lowest BCUT2D eigenvalue weighted by Crippen LogP contribution is -1.90. The van der Waals surface area contributed by atoms with Gasteiger partial charge in [-0.2, -0.15) is 0 Å². The van der Waals surface area contributed by atoms with Crippen LogP contribution in [0, 0.1) is 6.92 Å². The number of fused-ring (bicyclic) bond motifs is 1. The maximum atomic E-state index is 6.04. The van der Waals surface area contributed by atoms with Crippen molar-refractivity contribution in [2.24, 2.45) is 0 Å². The lowest BCUT2D eigenvalue weighted by Gasteiger charge is -2.05. The van der Waals surface area contributed by atoms with E-state index in [9.17, 15) is 0 Å². The fraction of sp³-hybridized carbons (Fsp3) is 0.0667. The molecule has 0 radical (unpaired) electrons. The summed E-state index contributed by atoms with van der Waals surface area (Å²) in [6.45, 7) is 2.09. The first-order chi connectivity index (χ1) is 8.65. The average molecular weight is 276 g/mol. The van der Waals surface area contributed by atoms with Gasteiger partial charge in [0.2, 0.25) is 0 Å². The van der Waals surface area contributed by atoms with Gasteiger partial charge in [0.05, 0.1) is 5.52 Å². The van der Waals surface area contributed by atoms with E-state index in [1.54, 1.807) is 0 Å². The van der Waals surface area contributed by atoms with E-state index in [4.69, 9.17) is 23.2 Å². The Balaban J connectivity index is 2.26. The summed E-state index contributed by atoms with van der Waals surface area (Å²) >= 11 is 12.0. The predicted octanol–water partition coefficient (Wildman–Crippen LogP) is 5.25. The number of aryl methyl sites for hydroxylation is 1. The minimum atomic E-state index is 0.745. The number of benzene rings is 2. The van der Waals surface area contributed by atoms with E-state index in [1.807, 2.05) is 42.5 Å². The van der Waals surface area contributed by atoms with E-state index in [2.05, 4.69) is 17.7 Å². The molecule has 0 aliphatic rings. The van der Waals surface area contributed by atoms with Gasteiger partial charge in [0.1, 0.15) is 0 Å². The molecule has 2 aromatic carbocycles. The fourth-order valence-corrected chi connectivity index (χ4v) is 2.48. The smallest absolute Gasteiger partial charge is 0.0532 e. The number of rotatable bonds is 1. The van der Waals surface area contributed by atoms with Gasteiger partial charge in [-0.3, -0.25) is 0 Å². The second-order valence-corrected chi connectivity index (χ2v) is 5.19. The maximum absolute atomic E-state index is 6.04. The van der Waals surface area contributed by atoms with E-state index < -0.39 is 0 Å². The Morgan fingerprint density at radius 1 is 0.889 bits per heavy atom. The third-order valence-electron chi connectivity index (χ3n) is 3.07. The number of hydrogen-bond donors (Lipinski definition) is 0. The van der Waals surface area contributed by atoms with Gasteiger partial charge in [-0.25, -0.2) is 0 Å². The SMILES string of the molecule is Cc1cn(-c2ccc(Cl)cc2)c2ccc(Cl)cc12. The zero-order chi connectivity index (χ0) is 12.7. The summed E-state index contributed by atoms with van der Waals surface area (Å²) in [7, 11) is 0. The summed E-state index contributed by atoms with van der Waals surface area (Å²) in [5, 5.41) is 2.69. The summed E-state index contributed by atoms with van der Waals surface area (Å²) in [6, 6.07) is 13.8. The molecule has 1 aromatic heterocycles. The van der Waals surface area contributed by atoms with Crippen LogP contribution < -0.4 is 0 Å². The quantitative estimate of drug-likeness (QED) is 0.572. The average Bonchev–Trinajstić information content (AvgIpc) is 2.68. The van der Waals surface area contributed by atoms with Gasteiger partial charge < -0.3 is 4.57 Å². The zero-order valence-electron chi connectivity index (χ0n) is 9.82. The minimum Gasteiger partial charge on any atom is -0.316 e. The first kappa shape index (κ1) is 11.6. The van der Waals surface area contributed by atoms with Crippen molar-refractivity contribution in [2.75, 3.05) is 0 Å². The van der Waals surface area contributed by atoms with Crippen LogP contribution in [0.4, 0.5) is 0 Å². The first-order valence-corrected chi connectivity index (χ1v) is 6.44. The van der Waals surface area contributed by atoms with Crippen LogP contribution in [0.1, 0.15) is 5.56 Å². The Hall–Kier alpha value is -1.44. The third kappa shape index (κ3) is 1.90. The molecule has 3 heteroatoms. The van der Waals surface area contributed by atoms with Crippen LogP contribution >= 0.6 is 23.2 Å². The minimum absolute atomic E-state index is 0.745. The molecule has 0 N–H and O–H groups in total. The van der Waals surface area contributed by atoms with E-state index in [1.165, 1.54) is 10.9 Å². The largest absolute Gasteiger partial charge is 0.316 e. The molecule has 0 saturated carbocycles. The van der Waals surface area contributed by atoms with Crippen molar-refractivity contribution in [3.63, 3.8) is 0 Å². The van der Waals surface area contributed by atoms with Gasteiger partial charge in [0, 0.05) is 27.3 Å². The molecule has 1 nitrogen and oxygen atoms in total. The van der Waals surface area contributed by atoms with Crippen LogP contribution in [0.15, 0.2) is 48.7 Å². The van der Waals surface area contributed by atoms with Crippen molar-refractivity contribution < 1.29 is 0 Å². The van der Waals surface area contributed by atoms with Crippen LogP contribution in [-0.4, -0.2) is 4.57 Å². The Morgan fingerprint density at radius 3 is 2.28 bits per heavy atom. The third-order valence-corrected chi connectivity index (χ3v) is 3.56. The molecule has 18 heavy (non-hydrogen) atoms. The molecule has 0 unspecified atom stereocenters. The lowest BCUT2D eigenvalue weighted by atomic mass is 10.2. The van der Waals surface area contributed by atoms with Crippen LogP contribution in [0.2, 0.25) is 10.0 Å². The molecular weight excluding hydrogens is 265 g/mol. The molecule has 0 atom stereocenters. The van der Waals surface area contributed by atoms with Crippen LogP contribution in [0.3, 0.4) is 0 Å². The highest BCUT2D eigenvalue weighted by Crippen LogP contribution is 2.27. The van der Waals surface area contributed by atoms with E-state index in [0.29, 0.717) is 0 Å². The molecular formula is C15H11Cl2N. The van der Waals surface area contributed by atoms with Crippen LogP contribution in [0.25, 0.3) is 16.6 Å². The zero-order valence-corrected chi connectivity index (χ0v) is 11.3. The van der Waals surface area contributed by atoms with Crippen molar-refractivity contribution in [2.45, 2.75) is 6.92 Å². The summed E-state index contributed by atoms with van der Waals surface area (Å²) < 4.78 is 2.15. The second-order valence-electron chi connectivity index (χ2n) is 4.32. The monoisotopic (exact) mass is 275 g/mol.